The van der Waals surface area contributed by atoms with Crippen LogP contribution in [0, 0.1) is 0 Å². The molecule has 1 heterocycles. The summed E-state index contributed by atoms with van der Waals surface area (Å²) in [7, 11) is 0. The third-order valence-electron chi connectivity index (χ3n) is 2.07. The van der Waals surface area contributed by atoms with Gasteiger partial charge in [0.15, 0.2) is 0 Å². The van der Waals surface area contributed by atoms with Crippen molar-refractivity contribution in [3.05, 3.63) is 52.2 Å². The van der Waals surface area contributed by atoms with Crippen LogP contribution in [-0.2, 0) is 4.79 Å². The highest BCUT2D eigenvalue weighted by atomic mass is 32.1. The molecule has 0 atom stereocenters. The standard InChI is InChI=1S/C12H8NO2S/c14-7-9-3-1-2-4-11(9)13-12(15)10-5-6-16-8-10/h1-6,8H,(H,13,15). The summed E-state index contributed by atoms with van der Waals surface area (Å²) in [5, 5.41) is 6.25. The number of rotatable bonds is 3. The van der Waals surface area contributed by atoms with Crippen LogP contribution in [0.4, 0.5) is 5.69 Å². The van der Waals surface area contributed by atoms with Crippen molar-refractivity contribution < 1.29 is 9.59 Å². The fraction of sp³-hybridized carbons (Fsp3) is 0. The van der Waals surface area contributed by atoms with E-state index in [9.17, 15) is 9.59 Å². The molecule has 16 heavy (non-hydrogen) atoms. The predicted molar refractivity (Wildman–Crippen MR) is 63.5 cm³/mol. The van der Waals surface area contributed by atoms with Crippen LogP contribution in [0.15, 0.2) is 41.1 Å². The molecule has 1 aromatic heterocycles. The van der Waals surface area contributed by atoms with E-state index in [1.54, 1.807) is 42.0 Å². The fourth-order valence-corrected chi connectivity index (χ4v) is 1.91. The first-order valence-corrected chi connectivity index (χ1v) is 5.56. The smallest absolute Gasteiger partial charge is 0.256 e. The van der Waals surface area contributed by atoms with Crippen LogP contribution in [-0.4, -0.2) is 12.2 Å². The summed E-state index contributed by atoms with van der Waals surface area (Å²) in [6.45, 7) is 0. The molecule has 2 aromatic rings. The minimum absolute atomic E-state index is 0.219. The molecule has 0 saturated heterocycles. The lowest BCUT2D eigenvalue weighted by Gasteiger charge is -2.05. The van der Waals surface area contributed by atoms with Crippen molar-refractivity contribution >= 4 is 29.2 Å². The highest BCUT2D eigenvalue weighted by Crippen LogP contribution is 2.15. The van der Waals surface area contributed by atoms with Gasteiger partial charge in [-0.05, 0) is 23.6 Å². The first kappa shape index (κ1) is 10.6. The average molecular weight is 230 g/mol. The number of carbonyl (C=O) groups is 1. The van der Waals surface area contributed by atoms with Gasteiger partial charge in [-0.3, -0.25) is 9.59 Å². The van der Waals surface area contributed by atoms with E-state index >= 15 is 0 Å². The zero-order valence-corrected chi connectivity index (χ0v) is 9.08. The molecule has 0 bridgehead atoms. The molecule has 3 nitrogen and oxygen atoms in total. The highest BCUT2D eigenvalue weighted by molar-refractivity contribution is 7.08. The lowest BCUT2D eigenvalue weighted by molar-refractivity contribution is 0.102. The molecule has 0 fully saturated rings. The van der Waals surface area contributed by atoms with Gasteiger partial charge < -0.3 is 5.32 Å². The van der Waals surface area contributed by atoms with Crippen LogP contribution in [0.1, 0.15) is 15.9 Å². The monoisotopic (exact) mass is 230 g/mol. The maximum absolute atomic E-state index is 11.7. The molecule has 1 amide bonds. The van der Waals surface area contributed by atoms with Crippen LogP contribution in [0.3, 0.4) is 0 Å². The molecule has 1 N–H and O–H groups in total. The molecule has 0 spiro atoms. The van der Waals surface area contributed by atoms with E-state index in [0.29, 0.717) is 16.8 Å². The number of anilines is 1. The zero-order chi connectivity index (χ0) is 11.4. The molecule has 2 rings (SSSR count). The molecule has 1 aromatic carbocycles. The van der Waals surface area contributed by atoms with E-state index in [-0.39, 0.29) is 5.91 Å². The van der Waals surface area contributed by atoms with Gasteiger partial charge >= 0.3 is 0 Å². The van der Waals surface area contributed by atoms with Gasteiger partial charge in [-0.15, -0.1) is 0 Å². The number of hydrogen-bond acceptors (Lipinski definition) is 3. The largest absolute Gasteiger partial charge is 0.321 e. The van der Waals surface area contributed by atoms with Crippen molar-refractivity contribution in [1.82, 2.24) is 0 Å². The first-order valence-electron chi connectivity index (χ1n) is 4.62. The second kappa shape index (κ2) is 4.72. The SMILES string of the molecule is O=[C]c1ccccc1NC(=O)c1ccsc1. The Morgan fingerprint density at radius 2 is 2.06 bits per heavy atom. The van der Waals surface area contributed by atoms with Gasteiger partial charge in [0.25, 0.3) is 5.91 Å². The Morgan fingerprint density at radius 3 is 2.75 bits per heavy atom. The quantitative estimate of drug-likeness (QED) is 0.880. The maximum Gasteiger partial charge on any atom is 0.256 e. The summed E-state index contributed by atoms with van der Waals surface area (Å²) < 4.78 is 0. The van der Waals surface area contributed by atoms with E-state index < -0.39 is 0 Å². The highest BCUT2D eigenvalue weighted by Gasteiger charge is 2.08. The summed E-state index contributed by atoms with van der Waals surface area (Å²) in [4.78, 5) is 22.3. The Labute approximate surface area is 96.7 Å². The molecule has 1 radical (unpaired) electrons. The van der Waals surface area contributed by atoms with Crippen molar-refractivity contribution in [2.75, 3.05) is 5.32 Å². The first-order chi connectivity index (χ1) is 7.81. The van der Waals surface area contributed by atoms with Crippen LogP contribution >= 0.6 is 11.3 Å². The van der Waals surface area contributed by atoms with Gasteiger partial charge in [-0.1, -0.05) is 12.1 Å². The number of hydrogen-bond donors (Lipinski definition) is 1. The van der Waals surface area contributed by atoms with Gasteiger partial charge in [0, 0.05) is 10.9 Å². The van der Waals surface area contributed by atoms with Gasteiger partial charge in [0.2, 0.25) is 6.29 Å². The Balaban J connectivity index is 2.21. The van der Waals surface area contributed by atoms with Gasteiger partial charge in [0.1, 0.15) is 0 Å². The number of para-hydroxylation sites is 1. The number of carbonyl (C=O) groups excluding carboxylic acids is 2. The summed E-state index contributed by atoms with van der Waals surface area (Å²) >= 11 is 1.45. The Morgan fingerprint density at radius 1 is 1.25 bits per heavy atom. The number of thiophene rings is 1. The Hall–Kier alpha value is -1.94. The summed E-state index contributed by atoms with van der Waals surface area (Å²) in [5.74, 6) is -0.219. The molecule has 79 valence electrons. The van der Waals surface area contributed by atoms with Crippen molar-refractivity contribution in [1.29, 1.82) is 0 Å². The van der Waals surface area contributed by atoms with Crippen molar-refractivity contribution in [3.63, 3.8) is 0 Å². The molecular formula is C12H8NO2S. The number of amides is 1. The minimum atomic E-state index is -0.219. The molecule has 0 unspecified atom stereocenters. The van der Waals surface area contributed by atoms with Gasteiger partial charge in [-0.2, -0.15) is 11.3 Å². The van der Waals surface area contributed by atoms with Gasteiger partial charge in [0.05, 0.1) is 11.3 Å². The lowest BCUT2D eigenvalue weighted by atomic mass is 10.2. The summed E-state index contributed by atoms with van der Waals surface area (Å²) in [6, 6.07) is 8.48. The fourth-order valence-electron chi connectivity index (χ4n) is 1.27. The van der Waals surface area contributed by atoms with Crippen molar-refractivity contribution in [3.8, 4) is 0 Å². The summed E-state index contributed by atoms with van der Waals surface area (Å²) in [6.07, 6.45) is 1.78. The molecule has 0 aliphatic carbocycles. The third kappa shape index (κ3) is 2.17. The molecule has 4 heteroatoms. The van der Waals surface area contributed by atoms with E-state index in [1.807, 2.05) is 5.38 Å². The topological polar surface area (TPSA) is 46.2 Å². The molecule has 0 aliphatic rings. The third-order valence-corrected chi connectivity index (χ3v) is 2.75. The van der Waals surface area contributed by atoms with E-state index in [0.717, 1.165) is 0 Å². The predicted octanol–water partition coefficient (Wildman–Crippen LogP) is 2.46. The van der Waals surface area contributed by atoms with Crippen LogP contribution < -0.4 is 5.32 Å². The van der Waals surface area contributed by atoms with E-state index in [1.165, 1.54) is 11.3 Å². The van der Waals surface area contributed by atoms with Crippen LogP contribution in [0.5, 0.6) is 0 Å². The maximum atomic E-state index is 11.7. The number of nitrogens with one attached hydrogen (secondary N) is 1. The van der Waals surface area contributed by atoms with Crippen molar-refractivity contribution in [2.45, 2.75) is 0 Å². The normalized spacial score (nSPS) is 9.75. The second-order valence-electron chi connectivity index (χ2n) is 3.11. The molecule has 0 aliphatic heterocycles. The lowest BCUT2D eigenvalue weighted by Crippen LogP contribution is -2.12. The zero-order valence-electron chi connectivity index (χ0n) is 8.27. The summed E-state index contributed by atoms with van der Waals surface area (Å²) in [5.41, 5.74) is 1.42. The van der Waals surface area contributed by atoms with Crippen molar-refractivity contribution in [2.24, 2.45) is 0 Å². The number of benzene rings is 1. The van der Waals surface area contributed by atoms with Crippen LogP contribution in [0.2, 0.25) is 0 Å². The molecule has 0 saturated carbocycles. The molecular weight excluding hydrogens is 222 g/mol. The van der Waals surface area contributed by atoms with Crippen LogP contribution in [0.25, 0.3) is 0 Å². The second-order valence-corrected chi connectivity index (χ2v) is 3.89. The minimum Gasteiger partial charge on any atom is -0.321 e. The van der Waals surface area contributed by atoms with Gasteiger partial charge in [-0.25, -0.2) is 0 Å². The van der Waals surface area contributed by atoms with E-state index in [2.05, 4.69) is 5.32 Å². The van der Waals surface area contributed by atoms with E-state index in [4.69, 9.17) is 0 Å². The Bertz CT molecular complexity index is 505. The average Bonchev–Trinajstić information content (AvgIpc) is 2.83. The Kier molecular flexibility index (Phi) is 3.12.